The second-order valence-corrected chi connectivity index (χ2v) is 6.60. The molecule has 1 amide bonds. The van der Waals surface area contributed by atoms with Gasteiger partial charge in [0.25, 0.3) is 0 Å². The van der Waals surface area contributed by atoms with Gasteiger partial charge in [0.15, 0.2) is 0 Å². The van der Waals surface area contributed by atoms with Crippen molar-refractivity contribution in [1.29, 1.82) is 0 Å². The molecule has 144 valence electrons. The van der Waals surface area contributed by atoms with E-state index in [9.17, 15) is 22.8 Å². The Balaban J connectivity index is 2.36. The molecule has 1 fully saturated rings. The number of carboxylic acid groups (broad SMARTS) is 1. The fourth-order valence-corrected chi connectivity index (χ4v) is 3.26. The molecule has 1 aliphatic heterocycles. The molecule has 0 aromatic carbocycles. The molecule has 11 heteroatoms. The van der Waals surface area contributed by atoms with Crippen molar-refractivity contribution in [3.63, 3.8) is 0 Å². The highest BCUT2D eigenvalue weighted by atomic mass is 79.9. The van der Waals surface area contributed by atoms with Gasteiger partial charge in [0.1, 0.15) is 12.4 Å². The van der Waals surface area contributed by atoms with Crippen LogP contribution in [0, 0.1) is 6.92 Å². The highest BCUT2D eigenvalue weighted by Gasteiger charge is 2.37. The summed E-state index contributed by atoms with van der Waals surface area (Å²) in [6, 6.07) is -0.566. The van der Waals surface area contributed by atoms with Crippen molar-refractivity contribution >= 4 is 33.8 Å². The zero-order valence-electron chi connectivity index (χ0n) is 14.0. The van der Waals surface area contributed by atoms with Crippen LogP contribution >= 0.6 is 15.9 Å². The van der Waals surface area contributed by atoms with Crippen molar-refractivity contribution in [2.75, 3.05) is 31.1 Å². The molecule has 1 aliphatic rings. The molecule has 2 heterocycles. The first kappa shape index (κ1) is 20.3. The van der Waals surface area contributed by atoms with E-state index in [-0.39, 0.29) is 42.1 Å². The molecule has 0 radical (unpaired) electrons. The van der Waals surface area contributed by atoms with Gasteiger partial charge in [0.05, 0.1) is 16.1 Å². The summed E-state index contributed by atoms with van der Waals surface area (Å²) in [5, 5.41) is 9.16. The quantitative estimate of drug-likeness (QED) is 0.729. The number of anilines is 1. The van der Waals surface area contributed by atoms with E-state index in [0.29, 0.717) is 0 Å². The molecule has 2 rings (SSSR count). The van der Waals surface area contributed by atoms with Crippen molar-refractivity contribution in [2.24, 2.45) is 0 Å². The van der Waals surface area contributed by atoms with Crippen LogP contribution in [-0.2, 0) is 15.7 Å². The minimum absolute atomic E-state index is 0.0191. The zero-order valence-corrected chi connectivity index (χ0v) is 15.6. The van der Waals surface area contributed by atoms with Crippen LogP contribution in [0.15, 0.2) is 10.7 Å². The maximum absolute atomic E-state index is 13.0. The van der Waals surface area contributed by atoms with Crippen LogP contribution in [-0.4, -0.2) is 59.3 Å². The SMILES string of the molecule is CC(=O)OCC1CN(C(=O)O)CCN1c1ncc(C(F)(F)F)c(C)c1Br. The highest BCUT2D eigenvalue weighted by Crippen LogP contribution is 2.38. The van der Waals surface area contributed by atoms with Gasteiger partial charge in [-0.3, -0.25) is 4.79 Å². The Bertz CT molecular complexity index is 714. The third-order valence-electron chi connectivity index (χ3n) is 4.06. The number of pyridine rings is 1. The summed E-state index contributed by atoms with van der Waals surface area (Å²) in [7, 11) is 0. The zero-order chi connectivity index (χ0) is 19.6. The van der Waals surface area contributed by atoms with Gasteiger partial charge in [0.2, 0.25) is 0 Å². The molecule has 0 aliphatic carbocycles. The number of esters is 1. The van der Waals surface area contributed by atoms with Crippen molar-refractivity contribution in [1.82, 2.24) is 9.88 Å². The lowest BCUT2D eigenvalue weighted by Gasteiger charge is -2.41. The minimum Gasteiger partial charge on any atom is -0.465 e. The maximum Gasteiger partial charge on any atom is 0.418 e. The molecule has 1 saturated heterocycles. The van der Waals surface area contributed by atoms with Crippen LogP contribution in [0.2, 0.25) is 0 Å². The summed E-state index contributed by atoms with van der Waals surface area (Å²) in [5.74, 6) is -0.286. The minimum atomic E-state index is -4.53. The Labute approximate surface area is 155 Å². The second kappa shape index (κ2) is 7.68. The fraction of sp³-hybridized carbons (Fsp3) is 0.533. The van der Waals surface area contributed by atoms with E-state index in [0.717, 1.165) is 11.1 Å². The van der Waals surface area contributed by atoms with E-state index in [1.807, 2.05) is 0 Å². The van der Waals surface area contributed by atoms with E-state index in [1.54, 1.807) is 4.90 Å². The van der Waals surface area contributed by atoms with Gasteiger partial charge < -0.3 is 19.6 Å². The van der Waals surface area contributed by atoms with Gasteiger partial charge in [-0.25, -0.2) is 9.78 Å². The number of hydrogen-bond acceptors (Lipinski definition) is 5. The summed E-state index contributed by atoms with van der Waals surface area (Å²) < 4.78 is 44.2. The Morgan fingerprint density at radius 3 is 2.62 bits per heavy atom. The van der Waals surface area contributed by atoms with E-state index in [2.05, 4.69) is 20.9 Å². The van der Waals surface area contributed by atoms with E-state index in [1.165, 1.54) is 13.8 Å². The average Bonchev–Trinajstić information content (AvgIpc) is 2.54. The van der Waals surface area contributed by atoms with Crippen molar-refractivity contribution < 1.29 is 32.6 Å². The molecule has 7 nitrogen and oxygen atoms in total. The van der Waals surface area contributed by atoms with Crippen molar-refractivity contribution in [2.45, 2.75) is 26.1 Å². The predicted octanol–water partition coefficient (Wildman–Crippen LogP) is 2.90. The second-order valence-electron chi connectivity index (χ2n) is 5.81. The van der Waals surface area contributed by atoms with Crippen LogP contribution in [0.3, 0.4) is 0 Å². The number of amides is 1. The first-order chi connectivity index (χ1) is 12.0. The molecule has 1 N–H and O–H groups in total. The number of alkyl halides is 3. The number of nitrogens with zero attached hydrogens (tertiary/aromatic N) is 3. The van der Waals surface area contributed by atoms with Gasteiger partial charge in [-0.15, -0.1) is 0 Å². The van der Waals surface area contributed by atoms with Gasteiger partial charge in [0, 0.05) is 32.8 Å². The highest BCUT2D eigenvalue weighted by molar-refractivity contribution is 9.10. The summed E-state index contributed by atoms with van der Waals surface area (Å²) in [6.07, 6.45) is -4.90. The lowest BCUT2D eigenvalue weighted by atomic mass is 10.1. The normalized spacial score (nSPS) is 18.0. The first-order valence-electron chi connectivity index (χ1n) is 7.62. The number of rotatable bonds is 3. The van der Waals surface area contributed by atoms with Gasteiger partial charge in [-0.1, -0.05) is 0 Å². The Morgan fingerprint density at radius 1 is 1.42 bits per heavy atom. The molecule has 1 unspecified atom stereocenters. The number of halogens is 4. The number of carbonyl (C=O) groups is 2. The molecular weight excluding hydrogens is 423 g/mol. The first-order valence-corrected chi connectivity index (χ1v) is 8.41. The lowest BCUT2D eigenvalue weighted by molar-refractivity contribution is -0.141. The van der Waals surface area contributed by atoms with Crippen LogP contribution in [0.25, 0.3) is 0 Å². The van der Waals surface area contributed by atoms with E-state index < -0.39 is 29.8 Å². The lowest BCUT2D eigenvalue weighted by Crippen LogP contribution is -2.56. The van der Waals surface area contributed by atoms with Gasteiger partial charge >= 0.3 is 18.2 Å². The van der Waals surface area contributed by atoms with Gasteiger partial charge in [-0.05, 0) is 28.4 Å². The third-order valence-corrected chi connectivity index (χ3v) is 5.00. The van der Waals surface area contributed by atoms with Crippen LogP contribution in [0.5, 0.6) is 0 Å². The Kier molecular flexibility index (Phi) is 5.99. The number of piperazine rings is 1. The summed E-state index contributed by atoms with van der Waals surface area (Å²) >= 11 is 3.17. The molecule has 1 atom stereocenters. The molecule has 26 heavy (non-hydrogen) atoms. The predicted molar refractivity (Wildman–Crippen MR) is 89.0 cm³/mol. The average molecular weight is 440 g/mol. The van der Waals surface area contributed by atoms with Gasteiger partial charge in [-0.2, -0.15) is 13.2 Å². The van der Waals surface area contributed by atoms with Crippen molar-refractivity contribution in [3.05, 3.63) is 21.8 Å². The van der Waals surface area contributed by atoms with Crippen LogP contribution < -0.4 is 4.90 Å². The maximum atomic E-state index is 13.0. The third kappa shape index (κ3) is 4.37. The molecule has 0 spiro atoms. The summed E-state index contributed by atoms with van der Waals surface area (Å²) in [4.78, 5) is 29.1. The van der Waals surface area contributed by atoms with E-state index in [4.69, 9.17) is 9.84 Å². The Hall–Kier alpha value is -2.04. The summed E-state index contributed by atoms with van der Waals surface area (Å²) in [5.41, 5.74) is -0.872. The molecule has 0 bridgehead atoms. The van der Waals surface area contributed by atoms with Crippen LogP contribution in [0.1, 0.15) is 18.1 Å². The number of aromatic nitrogens is 1. The number of ether oxygens (including phenoxy) is 1. The Morgan fingerprint density at radius 2 is 2.08 bits per heavy atom. The molecular formula is C15H17BrF3N3O4. The molecule has 1 aromatic heterocycles. The standard InChI is InChI=1S/C15H17BrF3N3O4/c1-8-11(15(17,18)19)5-20-13(12(8)16)22-4-3-21(14(24)25)6-10(22)7-26-9(2)23/h5,10H,3-4,6-7H2,1-2H3,(H,24,25). The summed E-state index contributed by atoms with van der Waals surface area (Å²) in [6.45, 7) is 2.84. The van der Waals surface area contributed by atoms with E-state index >= 15 is 0 Å². The fourth-order valence-electron chi connectivity index (χ4n) is 2.72. The smallest absolute Gasteiger partial charge is 0.418 e. The molecule has 1 aromatic rings. The number of hydrogen-bond donors (Lipinski definition) is 1. The molecule has 0 saturated carbocycles. The van der Waals surface area contributed by atoms with Crippen molar-refractivity contribution in [3.8, 4) is 0 Å². The number of carbonyl (C=O) groups excluding carboxylic acids is 1. The monoisotopic (exact) mass is 439 g/mol. The largest absolute Gasteiger partial charge is 0.465 e. The topological polar surface area (TPSA) is 83.0 Å². The van der Waals surface area contributed by atoms with Crippen LogP contribution in [0.4, 0.5) is 23.8 Å².